The van der Waals surface area contributed by atoms with Crippen LogP contribution in [0.3, 0.4) is 0 Å². The first kappa shape index (κ1) is 31.4. The average Bonchev–Trinajstić information content (AvgIpc) is 2.92. The van der Waals surface area contributed by atoms with Gasteiger partial charge in [-0.15, -0.1) is 0 Å². The Morgan fingerprint density at radius 2 is 1.88 bits per heavy atom. The third kappa shape index (κ3) is 9.23. The van der Waals surface area contributed by atoms with E-state index in [1.165, 1.54) is 0 Å². The highest BCUT2D eigenvalue weighted by Crippen LogP contribution is 2.20. The monoisotopic (exact) mass is 566 g/mol. The molecule has 222 valence electrons. The lowest BCUT2D eigenvalue weighted by Gasteiger charge is -2.29. The molecule has 0 unspecified atom stereocenters. The van der Waals surface area contributed by atoms with E-state index in [1.807, 2.05) is 52.8 Å². The van der Waals surface area contributed by atoms with Crippen molar-refractivity contribution in [2.24, 2.45) is 5.92 Å². The molecule has 1 heterocycles. The lowest BCUT2D eigenvalue weighted by molar-refractivity contribution is -0.137. The number of nitrogens with one attached hydrogen (secondary N) is 3. The van der Waals surface area contributed by atoms with Crippen LogP contribution in [0, 0.1) is 19.8 Å². The summed E-state index contributed by atoms with van der Waals surface area (Å²) in [6, 6.07) is 10.6. The zero-order valence-electron chi connectivity index (χ0n) is 24.6. The molecule has 0 bridgehead atoms. The minimum Gasteiger partial charge on any atom is -0.491 e. The topological polar surface area (TPSA) is 126 Å². The molecule has 0 saturated carbocycles. The third-order valence-corrected chi connectivity index (χ3v) is 6.78. The number of carbonyl (C=O) groups is 4. The number of hydrogen-bond donors (Lipinski definition) is 3. The summed E-state index contributed by atoms with van der Waals surface area (Å²) in [6.45, 7) is 11.0. The minimum absolute atomic E-state index is 0.140. The van der Waals surface area contributed by atoms with Crippen molar-refractivity contribution >= 4 is 23.6 Å². The Morgan fingerprint density at radius 3 is 2.59 bits per heavy atom. The Kier molecular flexibility index (Phi) is 11.6. The number of carbonyl (C=O) groups excluding carboxylic acids is 4. The van der Waals surface area contributed by atoms with Gasteiger partial charge in [-0.1, -0.05) is 43.7 Å². The predicted molar refractivity (Wildman–Crippen MR) is 156 cm³/mol. The highest BCUT2D eigenvalue weighted by molar-refractivity contribution is 6.01. The molecule has 0 saturated heterocycles. The van der Waals surface area contributed by atoms with E-state index in [0.717, 1.165) is 11.1 Å². The normalized spacial score (nSPS) is 18.5. The largest absolute Gasteiger partial charge is 0.491 e. The van der Waals surface area contributed by atoms with Crippen LogP contribution in [0.15, 0.2) is 42.5 Å². The molecule has 0 spiro atoms. The van der Waals surface area contributed by atoms with Crippen LogP contribution in [0.2, 0.25) is 0 Å². The Hall–Kier alpha value is -4.08. The van der Waals surface area contributed by atoms with Gasteiger partial charge in [-0.2, -0.15) is 0 Å². The van der Waals surface area contributed by atoms with Crippen LogP contribution in [0.25, 0.3) is 0 Å². The number of aryl methyl sites for hydroxylation is 2. The Balaban J connectivity index is 1.79. The zero-order chi connectivity index (χ0) is 29.9. The smallest absolute Gasteiger partial charge is 0.255 e. The summed E-state index contributed by atoms with van der Waals surface area (Å²) < 4.78 is 11.7. The quantitative estimate of drug-likeness (QED) is 0.422. The fraction of sp³-hybridized carbons (Fsp3) is 0.484. The van der Waals surface area contributed by atoms with Crippen LogP contribution in [-0.2, 0) is 14.4 Å². The summed E-state index contributed by atoms with van der Waals surface area (Å²) in [7, 11) is 0. The third-order valence-electron chi connectivity index (χ3n) is 6.78. The molecule has 2 atom stereocenters. The highest BCUT2D eigenvalue weighted by Gasteiger charge is 2.30. The van der Waals surface area contributed by atoms with E-state index < -0.39 is 29.8 Å². The fourth-order valence-electron chi connectivity index (χ4n) is 4.69. The van der Waals surface area contributed by atoms with Gasteiger partial charge in [-0.05, 0) is 56.9 Å². The maximum atomic E-state index is 13.4. The summed E-state index contributed by atoms with van der Waals surface area (Å²) in [5, 5.41) is 8.25. The van der Waals surface area contributed by atoms with E-state index in [1.54, 1.807) is 29.2 Å². The molecule has 3 rings (SSSR count). The highest BCUT2D eigenvalue weighted by atomic mass is 16.5. The van der Waals surface area contributed by atoms with Crippen LogP contribution in [0.5, 0.6) is 11.5 Å². The minimum atomic E-state index is -1.18. The molecule has 4 amide bonds. The van der Waals surface area contributed by atoms with Gasteiger partial charge in [0.2, 0.25) is 17.7 Å². The molecule has 0 aromatic heterocycles. The molecule has 10 heteroatoms. The molecular formula is C31H42N4O6. The number of amides is 4. The van der Waals surface area contributed by atoms with Crippen molar-refractivity contribution in [1.29, 1.82) is 0 Å². The summed E-state index contributed by atoms with van der Waals surface area (Å²) >= 11 is 0. The number of likely N-dealkylation sites (N-methyl/N-ethyl adjacent to an activating group) is 1. The van der Waals surface area contributed by atoms with Gasteiger partial charge in [0, 0.05) is 6.54 Å². The zero-order valence-corrected chi connectivity index (χ0v) is 24.6. The summed E-state index contributed by atoms with van der Waals surface area (Å²) in [5.74, 6) is -0.611. The van der Waals surface area contributed by atoms with Crippen LogP contribution in [0.4, 0.5) is 0 Å². The molecule has 3 N–H and O–H groups in total. The van der Waals surface area contributed by atoms with Crippen molar-refractivity contribution in [1.82, 2.24) is 20.9 Å². The van der Waals surface area contributed by atoms with Crippen LogP contribution in [-0.4, -0.2) is 73.5 Å². The molecule has 2 aromatic carbocycles. The van der Waals surface area contributed by atoms with Gasteiger partial charge in [0.1, 0.15) is 36.8 Å². The Labute approximate surface area is 242 Å². The molecule has 0 aliphatic carbocycles. The van der Waals surface area contributed by atoms with Crippen molar-refractivity contribution in [2.75, 3.05) is 32.8 Å². The molecular weight excluding hydrogens is 524 g/mol. The van der Waals surface area contributed by atoms with Gasteiger partial charge < -0.3 is 30.3 Å². The molecule has 1 aliphatic rings. The van der Waals surface area contributed by atoms with Crippen molar-refractivity contribution in [2.45, 2.75) is 59.5 Å². The summed E-state index contributed by atoms with van der Waals surface area (Å²) in [5.41, 5.74) is 2.34. The standard InChI is InChI=1S/C31H42N4O6/c1-6-35-14-16-41-27-10-8-7-9-23(27)29(37)34-24(19-28(36)33-25(31(35)39)17-20(2)3)30(38)32-13-15-40-26-12-11-21(4)18-22(26)5/h7-12,18,20,24-25H,6,13-17,19H2,1-5H3,(H,32,38)(H,33,36)(H,34,37)/t24-,25+/m0/s1. The average molecular weight is 567 g/mol. The van der Waals surface area contributed by atoms with E-state index in [9.17, 15) is 19.2 Å². The summed E-state index contributed by atoms with van der Waals surface area (Å²) in [6.07, 6.45) is 0.0935. The second-order valence-corrected chi connectivity index (χ2v) is 10.7. The fourth-order valence-corrected chi connectivity index (χ4v) is 4.69. The van der Waals surface area contributed by atoms with Gasteiger partial charge in [0.15, 0.2) is 0 Å². The number of fused-ring (bicyclic) bond motifs is 1. The maximum Gasteiger partial charge on any atom is 0.255 e. The lowest BCUT2D eigenvalue weighted by atomic mass is 10.0. The number of ether oxygens (including phenoxy) is 2. The van der Waals surface area contributed by atoms with E-state index in [2.05, 4.69) is 16.0 Å². The molecule has 10 nitrogen and oxygen atoms in total. The maximum absolute atomic E-state index is 13.4. The first-order valence-corrected chi connectivity index (χ1v) is 14.2. The Bertz CT molecular complexity index is 1230. The van der Waals surface area contributed by atoms with Gasteiger partial charge >= 0.3 is 0 Å². The number of rotatable bonds is 8. The SMILES string of the molecule is CCN1CCOc2ccccc2C(=O)N[C@H](C(=O)NCCOc2ccc(C)cc2C)CC(=O)N[C@H](CC(C)C)C1=O. The number of nitrogens with zero attached hydrogens (tertiary/aromatic N) is 1. The Morgan fingerprint density at radius 1 is 1.12 bits per heavy atom. The summed E-state index contributed by atoms with van der Waals surface area (Å²) in [4.78, 5) is 54.6. The molecule has 1 aliphatic heterocycles. The first-order valence-electron chi connectivity index (χ1n) is 14.2. The van der Waals surface area contributed by atoms with Crippen molar-refractivity contribution < 1.29 is 28.7 Å². The van der Waals surface area contributed by atoms with E-state index in [-0.39, 0.29) is 43.6 Å². The second kappa shape index (κ2) is 15.1. The number of hydrogen-bond acceptors (Lipinski definition) is 6. The van der Waals surface area contributed by atoms with Crippen molar-refractivity contribution in [3.05, 3.63) is 59.2 Å². The van der Waals surface area contributed by atoms with Crippen LogP contribution in [0.1, 0.15) is 55.1 Å². The van der Waals surface area contributed by atoms with Gasteiger partial charge in [0.05, 0.1) is 25.1 Å². The molecule has 0 fully saturated rings. The predicted octanol–water partition coefficient (Wildman–Crippen LogP) is 2.76. The lowest BCUT2D eigenvalue weighted by Crippen LogP contribution is -2.53. The first-order chi connectivity index (χ1) is 19.6. The van der Waals surface area contributed by atoms with Crippen molar-refractivity contribution in [3.63, 3.8) is 0 Å². The van der Waals surface area contributed by atoms with Crippen molar-refractivity contribution in [3.8, 4) is 11.5 Å². The van der Waals surface area contributed by atoms with E-state index in [0.29, 0.717) is 31.0 Å². The van der Waals surface area contributed by atoms with Crippen LogP contribution >= 0.6 is 0 Å². The number of para-hydroxylation sites is 1. The number of benzene rings is 2. The van der Waals surface area contributed by atoms with Gasteiger partial charge in [0.25, 0.3) is 5.91 Å². The molecule has 2 aromatic rings. The van der Waals surface area contributed by atoms with Gasteiger partial charge in [-0.25, -0.2) is 0 Å². The van der Waals surface area contributed by atoms with E-state index in [4.69, 9.17) is 9.47 Å². The molecule has 41 heavy (non-hydrogen) atoms. The van der Waals surface area contributed by atoms with Crippen LogP contribution < -0.4 is 25.4 Å². The van der Waals surface area contributed by atoms with Gasteiger partial charge in [-0.3, -0.25) is 19.2 Å². The van der Waals surface area contributed by atoms with E-state index >= 15 is 0 Å². The second-order valence-electron chi connectivity index (χ2n) is 10.7. The molecule has 0 radical (unpaired) electrons.